The second kappa shape index (κ2) is 5.64. The zero-order valence-corrected chi connectivity index (χ0v) is 11.2. The molecule has 0 radical (unpaired) electrons. The molecule has 5 nitrogen and oxygen atoms in total. The third-order valence-electron chi connectivity index (χ3n) is 3.23. The summed E-state index contributed by atoms with van der Waals surface area (Å²) < 4.78 is 0.800. The molecule has 0 bridgehead atoms. The van der Waals surface area contributed by atoms with Gasteiger partial charge < -0.3 is 16.2 Å². The number of nitrogens with two attached hydrogens (primary N) is 1. The van der Waals surface area contributed by atoms with Gasteiger partial charge in [-0.15, -0.1) is 0 Å². The fourth-order valence-electron chi connectivity index (χ4n) is 2.27. The van der Waals surface area contributed by atoms with E-state index in [1.165, 1.54) is 12.8 Å². The van der Waals surface area contributed by atoms with Crippen LogP contribution in [0.25, 0.3) is 0 Å². The van der Waals surface area contributed by atoms with Gasteiger partial charge in [-0.2, -0.15) is 4.98 Å². The topological polar surface area (TPSA) is 84.1 Å². The molecule has 1 aromatic rings. The van der Waals surface area contributed by atoms with E-state index in [-0.39, 0.29) is 18.6 Å². The Balaban J connectivity index is 2.10. The van der Waals surface area contributed by atoms with Crippen molar-refractivity contribution in [1.82, 2.24) is 9.97 Å². The summed E-state index contributed by atoms with van der Waals surface area (Å²) in [6, 6.07) is 0.263. The fourth-order valence-corrected chi connectivity index (χ4v) is 2.58. The molecule has 94 valence electrons. The second-order valence-electron chi connectivity index (χ2n) is 4.40. The number of aromatic nitrogens is 2. The number of nitrogen functional groups attached to an aromatic ring is 1. The predicted molar refractivity (Wildman–Crippen MR) is 70.6 cm³/mol. The minimum atomic E-state index is 0.218. The molecule has 2 rings (SSSR count). The summed E-state index contributed by atoms with van der Waals surface area (Å²) in [6.45, 7) is 0.218. The second-order valence-corrected chi connectivity index (χ2v) is 5.26. The van der Waals surface area contributed by atoms with Crippen molar-refractivity contribution in [2.75, 3.05) is 17.7 Å². The van der Waals surface area contributed by atoms with E-state index in [0.717, 1.165) is 17.3 Å². The highest BCUT2D eigenvalue weighted by molar-refractivity contribution is 9.10. The highest BCUT2D eigenvalue weighted by Crippen LogP contribution is 2.28. The van der Waals surface area contributed by atoms with E-state index in [9.17, 15) is 5.11 Å². The van der Waals surface area contributed by atoms with Crippen LogP contribution >= 0.6 is 15.9 Å². The zero-order chi connectivity index (χ0) is 12.3. The first kappa shape index (κ1) is 12.6. The average Bonchev–Trinajstić information content (AvgIpc) is 2.34. The Hall–Kier alpha value is -0.880. The third-order valence-corrected chi connectivity index (χ3v) is 3.81. The monoisotopic (exact) mass is 300 g/mol. The molecule has 6 heteroatoms. The Bertz CT molecular complexity index is 388. The van der Waals surface area contributed by atoms with Crippen LogP contribution in [0, 0.1) is 5.92 Å². The lowest BCUT2D eigenvalue weighted by Crippen LogP contribution is -2.34. The minimum absolute atomic E-state index is 0.218. The van der Waals surface area contributed by atoms with Crippen LogP contribution in [0.5, 0.6) is 0 Å². The molecule has 2 unspecified atom stereocenters. The lowest BCUT2D eigenvalue weighted by molar-refractivity contribution is 0.178. The Morgan fingerprint density at radius 2 is 2.24 bits per heavy atom. The summed E-state index contributed by atoms with van der Waals surface area (Å²) in [7, 11) is 0. The van der Waals surface area contributed by atoms with Crippen LogP contribution in [0.3, 0.4) is 0 Å². The van der Waals surface area contributed by atoms with E-state index < -0.39 is 0 Å². The molecule has 0 aliphatic heterocycles. The first-order valence-corrected chi connectivity index (χ1v) is 6.65. The Morgan fingerprint density at radius 3 is 3.00 bits per heavy atom. The summed E-state index contributed by atoms with van der Waals surface area (Å²) >= 11 is 3.39. The van der Waals surface area contributed by atoms with Gasteiger partial charge in [0.1, 0.15) is 5.82 Å². The van der Waals surface area contributed by atoms with E-state index in [1.54, 1.807) is 6.20 Å². The highest BCUT2D eigenvalue weighted by atomic mass is 79.9. The van der Waals surface area contributed by atoms with Gasteiger partial charge in [0.25, 0.3) is 0 Å². The van der Waals surface area contributed by atoms with Gasteiger partial charge >= 0.3 is 0 Å². The molecule has 17 heavy (non-hydrogen) atoms. The van der Waals surface area contributed by atoms with E-state index >= 15 is 0 Å². The van der Waals surface area contributed by atoms with Crippen LogP contribution in [-0.4, -0.2) is 27.7 Å². The molecular weight excluding hydrogens is 284 g/mol. The molecule has 0 aromatic carbocycles. The van der Waals surface area contributed by atoms with Crippen LogP contribution in [0.15, 0.2) is 10.7 Å². The molecule has 0 amide bonds. The number of halogens is 1. The number of rotatable bonds is 3. The number of nitrogens with zero attached hydrogens (tertiary/aromatic N) is 2. The van der Waals surface area contributed by atoms with Gasteiger partial charge in [-0.25, -0.2) is 4.98 Å². The van der Waals surface area contributed by atoms with Gasteiger partial charge in [0, 0.05) is 24.8 Å². The quantitative estimate of drug-likeness (QED) is 0.792. The van der Waals surface area contributed by atoms with Crippen molar-refractivity contribution < 1.29 is 5.11 Å². The molecule has 0 spiro atoms. The fraction of sp³-hybridized carbons (Fsp3) is 0.636. The molecule has 4 N–H and O–H groups in total. The van der Waals surface area contributed by atoms with Crippen molar-refractivity contribution in [2.24, 2.45) is 5.92 Å². The van der Waals surface area contributed by atoms with Gasteiger partial charge in [-0.3, -0.25) is 0 Å². The summed E-state index contributed by atoms with van der Waals surface area (Å²) in [6.07, 6.45) is 6.14. The van der Waals surface area contributed by atoms with Gasteiger partial charge in [0.2, 0.25) is 5.95 Å². The van der Waals surface area contributed by atoms with Crippen molar-refractivity contribution >= 4 is 27.7 Å². The maximum Gasteiger partial charge on any atom is 0.221 e. The maximum atomic E-state index is 9.35. The molecule has 1 heterocycles. The number of hydrogen-bond acceptors (Lipinski definition) is 5. The predicted octanol–water partition coefficient (Wildman–Crippen LogP) is 1.78. The van der Waals surface area contributed by atoms with Gasteiger partial charge in [-0.05, 0) is 28.8 Å². The standard InChI is InChI=1S/C11H17BrN4O/c12-8-5-14-11(13)16-10(8)15-9-4-2-1-3-7(9)6-17/h5,7,9,17H,1-4,6H2,(H3,13,14,15,16). The summed E-state index contributed by atoms with van der Waals surface area (Å²) in [5.41, 5.74) is 5.57. The van der Waals surface area contributed by atoms with Gasteiger partial charge in [0.05, 0.1) is 4.47 Å². The number of hydrogen-bond donors (Lipinski definition) is 3. The summed E-state index contributed by atoms with van der Waals surface area (Å²) in [5.74, 6) is 1.27. The molecular formula is C11H17BrN4O. The van der Waals surface area contributed by atoms with Crippen molar-refractivity contribution in [1.29, 1.82) is 0 Å². The number of nitrogens with one attached hydrogen (secondary N) is 1. The lowest BCUT2D eigenvalue weighted by atomic mass is 9.85. The molecule has 0 saturated heterocycles. The van der Waals surface area contributed by atoms with Crippen molar-refractivity contribution in [3.8, 4) is 0 Å². The third kappa shape index (κ3) is 3.07. The van der Waals surface area contributed by atoms with Crippen LogP contribution in [-0.2, 0) is 0 Å². The molecule has 1 saturated carbocycles. The van der Waals surface area contributed by atoms with Crippen molar-refractivity contribution in [3.05, 3.63) is 10.7 Å². The first-order chi connectivity index (χ1) is 8.20. The van der Waals surface area contributed by atoms with E-state index in [0.29, 0.717) is 11.7 Å². The molecule has 1 aromatic heterocycles. The maximum absolute atomic E-state index is 9.35. The molecule has 1 aliphatic rings. The molecule has 2 atom stereocenters. The number of anilines is 2. The number of aliphatic hydroxyl groups excluding tert-OH is 1. The van der Waals surface area contributed by atoms with Crippen LogP contribution in [0.2, 0.25) is 0 Å². The first-order valence-electron chi connectivity index (χ1n) is 5.86. The van der Waals surface area contributed by atoms with Crippen LogP contribution in [0.1, 0.15) is 25.7 Å². The number of aliphatic hydroxyl groups is 1. The van der Waals surface area contributed by atoms with E-state index in [2.05, 4.69) is 31.2 Å². The van der Waals surface area contributed by atoms with E-state index in [1.807, 2.05) is 0 Å². The highest BCUT2D eigenvalue weighted by Gasteiger charge is 2.25. The summed E-state index contributed by atoms with van der Waals surface area (Å²) in [5, 5.41) is 12.7. The largest absolute Gasteiger partial charge is 0.396 e. The van der Waals surface area contributed by atoms with E-state index in [4.69, 9.17) is 5.73 Å². The lowest BCUT2D eigenvalue weighted by Gasteiger charge is -2.31. The summed E-state index contributed by atoms with van der Waals surface area (Å²) in [4.78, 5) is 8.06. The Kier molecular flexibility index (Phi) is 4.17. The van der Waals surface area contributed by atoms with Crippen LogP contribution in [0.4, 0.5) is 11.8 Å². The normalized spacial score (nSPS) is 24.6. The average molecular weight is 301 g/mol. The Morgan fingerprint density at radius 1 is 1.47 bits per heavy atom. The SMILES string of the molecule is Nc1ncc(Br)c(NC2CCCCC2CO)n1. The molecule has 1 aliphatic carbocycles. The van der Waals surface area contributed by atoms with Gasteiger partial charge in [0.15, 0.2) is 0 Å². The van der Waals surface area contributed by atoms with Gasteiger partial charge in [-0.1, -0.05) is 12.8 Å². The zero-order valence-electron chi connectivity index (χ0n) is 9.56. The Labute approximate surface area is 109 Å². The van der Waals surface area contributed by atoms with Crippen LogP contribution < -0.4 is 11.1 Å². The van der Waals surface area contributed by atoms with Crippen molar-refractivity contribution in [2.45, 2.75) is 31.7 Å². The minimum Gasteiger partial charge on any atom is -0.396 e. The molecule has 1 fully saturated rings. The smallest absolute Gasteiger partial charge is 0.221 e. The van der Waals surface area contributed by atoms with Crippen molar-refractivity contribution in [3.63, 3.8) is 0 Å².